The van der Waals surface area contributed by atoms with E-state index in [0.29, 0.717) is 35.2 Å². The number of hydrogen-bond acceptors (Lipinski definition) is 5. The molecule has 1 unspecified atom stereocenters. The molecule has 4 amide bonds. The van der Waals surface area contributed by atoms with Crippen LogP contribution in [0.2, 0.25) is 0 Å². The number of likely N-dealkylation sites (N-methyl/N-ethyl adjacent to an activating group) is 1. The van der Waals surface area contributed by atoms with Crippen molar-refractivity contribution in [3.05, 3.63) is 84.4 Å². The van der Waals surface area contributed by atoms with Crippen molar-refractivity contribution < 1.29 is 29.0 Å². The largest absolute Gasteiger partial charge is 0.482 e. The predicted octanol–water partition coefficient (Wildman–Crippen LogP) is 5.26. The summed E-state index contributed by atoms with van der Waals surface area (Å²) in [5.74, 6) is -1.54. The first-order chi connectivity index (χ1) is 20.7. The Morgan fingerprint density at radius 1 is 0.930 bits per heavy atom. The standard InChI is InChI=1S/C33H38N4O6/c1-23(32(40)41)25-13-10-14-26(19-25)35-33(42)34-20-30(38)37(21-24-11-6-7-12-24)28-17-8-9-18-29(28)43-22-31(39)36(2)27-15-4-3-5-16-27/h3-5,8-10,13-19,23-24H,6-7,11-12,20-22H2,1-2H3,(H,40,41)(H2,34,35,42). The Bertz CT molecular complexity index is 1420. The van der Waals surface area contributed by atoms with Gasteiger partial charge in [0.05, 0.1) is 18.2 Å². The topological polar surface area (TPSA) is 128 Å². The first-order valence-electron chi connectivity index (χ1n) is 14.4. The van der Waals surface area contributed by atoms with Crippen molar-refractivity contribution in [1.29, 1.82) is 0 Å². The van der Waals surface area contributed by atoms with Gasteiger partial charge in [0.25, 0.3) is 5.91 Å². The lowest BCUT2D eigenvalue weighted by molar-refractivity contribution is -0.138. The third-order valence-corrected chi connectivity index (χ3v) is 7.66. The number of anilines is 3. The highest BCUT2D eigenvalue weighted by Gasteiger charge is 2.26. The van der Waals surface area contributed by atoms with Gasteiger partial charge in [0.2, 0.25) is 5.91 Å². The number of nitrogens with one attached hydrogen (secondary N) is 2. The van der Waals surface area contributed by atoms with Gasteiger partial charge in [0.15, 0.2) is 6.61 Å². The minimum atomic E-state index is -0.966. The summed E-state index contributed by atoms with van der Waals surface area (Å²) < 4.78 is 5.96. The molecule has 1 atom stereocenters. The van der Waals surface area contributed by atoms with Crippen LogP contribution in [0.5, 0.6) is 5.75 Å². The summed E-state index contributed by atoms with van der Waals surface area (Å²) >= 11 is 0. The summed E-state index contributed by atoms with van der Waals surface area (Å²) in [5, 5.41) is 14.6. The Balaban J connectivity index is 1.43. The van der Waals surface area contributed by atoms with Crippen LogP contribution >= 0.6 is 0 Å². The van der Waals surface area contributed by atoms with Gasteiger partial charge < -0.3 is 30.3 Å². The summed E-state index contributed by atoms with van der Waals surface area (Å²) in [6.07, 6.45) is 4.22. The van der Waals surface area contributed by atoms with Crippen molar-refractivity contribution in [3.63, 3.8) is 0 Å². The Kier molecular flexibility index (Phi) is 10.7. The molecular weight excluding hydrogens is 548 g/mol. The number of rotatable bonds is 12. The Morgan fingerprint density at radius 2 is 1.63 bits per heavy atom. The molecule has 0 aliphatic heterocycles. The van der Waals surface area contributed by atoms with Crippen LogP contribution in [-0.4, -0.2) is 55.7 Å². The number of nitrogens with zero attached hydrogens (tertiary/aromatic N) is 2. The maximum atomic E-state index is 13.6. The molecule has 0 spiro atoms. The zero-order chi connectivity index (χ0) is 30.8. The zero-order valence-electron chi connectivity index (χ0n) is 24.5. The third kappa shape index (κ3) is 8.57. The minimum Gasteiger partial charge on any atom is -0.482 e. The van der Waals surface area contributed by atoms with E-state index in [1.807, 2.05) is 30.3 Å². The number of hydrogen-bond donors (Lipinski definition) is 3. The van der Waals surface area contributed by atoms with Crippen LogP contribution in [0.15, 0.2) is 78.9 Å². The van der Waals surface area contributed by atoms with Gasteiger partial charge in [-0.25, -0.2) is 4.79 Å². The molecule has 226 valence electrons. The molecule has 43 heavy (non-hydrogen) atoms. The van der Waals surface area contributed by atoms with Crippen molar-refractivity contribution in [2.75, 3.05) is 41.9 Å². The molecule has 1 aliphatic carbocycles. The summed E-state index contributed by atoms with van der Waals surface area (Å²) in [6, 6.07) is 22.4. The molecular formula is C33H38N4O6. The molecule has 1 saturated carbocycles. The van der Waals surface area contributed by atoms with Crippen molar-refractivity contribution in [2.45, 2.75) is 38.5 Å². The molecule has 4 rings (SSSR count). The van der Waals surface area contributed by atoms with Crippen LogP contribution in [0, 0.1) is 5.92 Å². The minimum absolute atomic E-state index is 0.214. The van der Waals surface area contributed by atoms with Gasteiger partial charge in [-0.3, -0.25) is 14.4 Å². The second-order valence-electron chi connectivity index (χ2n) is 10.7. The van der Waals surface area contributed by atoms with E-state index in [4.69, 9.17) is 4.74 Å². The van der Waals surface area contributed by atoms with E-state index in [2.05, 4.69) is 10.6 Å². The molecule has 0 heterocycles. The molecule has 0 bridgehead atoms. The number of carbonyl (C=O) groups is 4. The predicted molar refractivity (Wildman–Crippen MR) is 166 cm³/mol. The quantitative estimate of drug-likeness (QED) is 0.266. The molecule has 10 heteroatoms. The number of carbonyl (C=O) groups excluding carboxylic acids is 3. The van der Waals surface area contributed by atoms with Gasteiger partial charge in [-0.05, 0) is 67.6 Å². The average molecular weight is 587 g/mol. The Labute approximate surface area is 251 Å². The van der Waals surface area contributed by atoms with Gasteiger partial charge in [0.1, 0.15) is 5.75 Å². The van der Waals surface area contributed by atoms with Crippen molar-refractivity contribution >= 4 is 40.9 Å². The van der Waals surface area contributed by atoms with Crippen molar-refractivity contribution in [1.82, 2.24) is 5.32 Å². The van der Waals surface area contributed by atoms with Crippen LogP contribution in [0.3, 0.4) is 0 Å². The summed E-state index contributed by atoms with van der Waals surface area (Å²) in [4.78, 5) is 53.6. The van der Waals surface area contributed by atoms with Crippen LogP contribution in [-0.2, 0) is 14.4 Å². The van der Waals surface area contributed by atoms with Gasteiger partial charge in [-0.1, -0.05) is 55.3 Å². The fourth-order valence-corrected chi connectivity index (χ4v) is 5.07. The van der Waals surface area contributed by atoms with Gasteiger partial charge in [-0.2, -0.15) is 0 Å². The van der Waals surface area contributed by atoms with Crippen molar-refractivity contribution in [3.8, 4) is 5.75 Å². The summed E-state index contributed by atoms with van der Waals surface area (Å²) in [6.45, 7) is 1.55. The zero-order valence-corrected chi connectivity index (χ0v) is 24.5. The number of benzene rings is 3. The molecule has 3 aromatic carbocycles. The number of ether oxygens (including phenoxy) is 1. The molecule has 3 N–H and O–H groups in total. The smallest absolute Gasteiger partial charge is 0.319 e. The number of amides is 4. The van der Waals surface area contributed by atoms with E-state index in [1.165, 1.54) is 4.90 Å². The first kappa shape index (κ1) is 31.1. The second kappa shape index (κ2) is 14.9. The maximum Gasteiger partial charge on any atom is 0.319 e. The second-order valence-corrected chi connectivity index (χ2v) is 10.7. The number of aliphatic carboxylic acids is 1. The normalized spacial score (nSPS) is 13.5. The maximum absolute atomic E-state index is 13.6. The van der Waals surface area contributed by atoms with E-state index in [-0.39, 0.29) is 25.0 Å². The van der Waals surface area contributed by atoms with E-state index in [0.717, 1.165) is 31.4 Å². The number of carboxylic acids is 1. The molecule has 0 saturated heterocycles. The highest BCUT2D eigenvalue weighted by atomic mass is 16.5. The van der Waals surface area contributed by atoms with Gasteiger partial charge in [-0.15, -0.1) is 0 Å². The molecule has 0 aromatic heterocycles. The van der Waals surface area contributed by atoms with Crippen LogP contribution in [0.25, 0.3) is 0 Å². The van der Waals surface area contributed by atoms with E-state index >= 15 is 0 Å². The highest BCUT2D eigenvalue weighted by Crippen LogP contribution is 2.32. The lowest BCUT2D eigenvalue weighted by Crippen LogP contribution is -2.43. The SMILES string of the molecule is CC(C(=O)O)c1cccc(NC(=O)NCC(=O)N(CC2CCCC2)c2ccccc2OCC(=O)N(C)c2ccccc2)c1. The molecule has 1 aliphatic rings. The Morgan fingerprint density at radius 3 is 2.35 bits per heavy atom. The fourth-order valence-electron chi connectivity index (χ4n) is 5.07. The first-order valence-corrected chi connectivity index (χ1v) is 14.4. The molecule has 1 fully saturated rings. The third-order valence-electron chi connectivity index (χ3n) is 7.66. The number of urea groups is 1. The van der Waals surface area contributed by atoms with Gasteiger partial charge in [0, 0.05) is 25.0 Å². The fraction of sp³-hybridized carbons (Fsp3) is 0.333. The number of carboxylic acid groups (broad SMARTS) is 1. The van der Waals surface area contributed by atoms with E-state index < -0.39 is 17.9 Å². The van der Waals surface area contributed by atoms with Crippen LogP contribution in [0.1, 0.15) is 44.1 Å². The van der Waals surface area contributed by atoms with Crippen molar-refractivity contribution in [2.24, 2.45) is 5.92 Å². The van der Waals surface area contributed by atoms with E-state index in [1.54, 1.807) is 67.4 Å². The van der Waals surface area contributed by atoms with Crippen LogP contribution in [0.4, 0.5) is 21.9 Å². The van der Waals surface area contributed by atoms with Crippen LogP contribution < -0.4 is 25.2 Å². The average Bonchev–Trinajstić information content (AvgIpc) is 3.54. The molecule has 0 radical (unpaired) electrons. The highest BCUT2D eigenvalue weighted by molar-refractivity contribution is 6.00. The molecule has 3 aromatic rings. The van der Waals surface area contributed by atoms with E-state index in [9.17, 15) is 24.3 Å². The summed E-state index contributed by atoms with van der Waals surface area (Å²) in [7, 11) is 1.68. The summed E-state index contributed by atoms with van der Waals surface area (Å²) in [5.41, 5.74) is 2.25. The monoisotopic (exact) mass is 586 g/mol. The van der Waals surface area contributed by atoms with Gasteiger partial charge >= 0.3 is 12.0 Å². The molecule has 10 nitrogen and oxygen atoms in total. The lowest BCUT2D eigenvalue weighted by Gasteiger charge is -2.28. The lowest BCUT2D eigenvalue weighted by atomic mass is 10.0. The number of para-hydroxylation sites is 3. The Hall–Kier alpha value is -4.86.